The van der Waals surface area contributed by atoms with Crippen LogP contribution in [0.5, 0.6) is 11.5 Å². The molecule has 0 N–H and O–H groups in total. The predicted molar refractivity (Wildman–Crippen MR) is 111 cm³/mol. The molecule has 1 aromatic heterocycles. The molecule has 2 aromatic carbocycles. The molecule has 0 bridgehead atoms. The fourth-order valence-corrected chi connectivity index (χ4v) is 3.95. The Labute approximate surface area is 169 Å². The summed E-state index contributed by atoms with van der Waals surface area (Å²) in [5.41, 5.74) is 2.74. The number of rotatable bonds is 6. The van der Waals surface area contributed by atoms with Crippen LogP contribution >= 0.6 is 0 Å². The van der Waals surface area contributed by atoms with Gasteiger partial charge >= 0.3 is 0 Å². The Balaban J connectivity index is 1.57. The minimum absolute atomic E-state index is 0.291. The molecule has 150 valence electrons. The molecule has 1 saturated heterocycles. The van der Waals surface area contributed by atoms with Crippen LogP contribution in [0.2, 0.25) is 0 Å². The van der Waals surface area contributed by atoms with Crippen molar-refractivity contribution in [2.45, 2.75) is 18.8 Å². The Hall–Kier alpha value is -3.19. The first-order chi connectivity index (χ1) is 14.2. The fourth-order valence-electron chi connectivity index (χ4n) is 3.95. The second-order valence-corrected chi connectivity index (χ2v) is 7.00. The molecule has 0 saturated carbocycles. The number of anilines is 1. The van der Waals surface area contributed by atoms with Gasteiger partial charge in [-0.05, 0) is 31.0 Å². The monoisotopic (exact) mass is 392 g/mol. The molecule has 29 heavy (non-hydrogen) atoms. The van der Waals surface area contributed by atoms with E-state index in [9.17, 15) is 4.79 Å². The Morgan fingerprint density at radius 2 is 1.72 bits per heavy atom. The summed E-state index contributed by atoms with van der Waals surface area (Å²) in [6.45, 7) is 1.55. The van der Waals surface area contributed by atoms with Crippen molar-refractivity contribution in [3.05, 3.63) is 54.5 Å². The smallest absolute Gasteiger partial charge is 0.228 e. The highest BCUT2D eigenvalue weighted by molar-refractivity contribution is 5.85. The SMILES string of the molecule is COc1cc2ncnc(C3CCN(N(C=O)c4ccccc4)CC3)c2cc1OC. The average molecular weight is 392 g/mol. The maximum Gasteiger partial charge on any atom is 0.228 e. The lowest BCUT2D eigenvalue weighted by Crippen LogP contribution is -2.46. The minimum atomic E-state index is 0.291. The first-order valence-electron chi connectivity index (χ1n) is 9.66. The van der Waals surface area contributed by atoms with Gasteiger partial charge < -0.3 is 9.47 Å². The first-order valence-corrected chi connectivity index (χ1v) is 9.66. The van der Waals surface area contributed by atoms with Gasteiger partial charge in [0.2, 0.25) is 6.41 Å². The molecule has 1 amide bonds. The van der Waals surface area contributed by atoms with Gasteiger partial charge in [-0.3, -0.25) is 4.79 Å². The molecule has 0 aliphatic carbocycles. The molecule has 7 heteroatoms. The van der Waals surface area contributed by atoms with Crippen LogP contribution in [-0.2, 0) is 4.79 Å². The number of hydrogen-bond donors (Lipinski definition) is 0. The molecule has 0 spiro atoms. The zero-order chi connectivity index (χ0) is 20.2. The molecular formula is C22H24N4O3. The lowest BCUT2D eigenvalue weighted by molar-refractivity contribution is -0.110. The van der Waals surface area contributed by atoms with Gasteiger partial charge in [-0.25, -0.2) is 20.0 Å². The van der Waals surface area contributed by atoms with Crippen LogP contribution < -0.4 is 14.5 Å². The molecular weight excluding hydrogens is 368 g/mol. The Kier molecular flexibility index (Phi) is 5.57. The van der Waals surface area contributed by atoms with Crippen LogP contribution in [-0.4, -0.2) is 48.7 Å². The Bertz CT molecular complexity index is 988. The number of nitrogens with zero attached hydrogens (tertiary/aromatic N) is 4. The van der Waals surface area contributed by atoms with Gasteiger partial charge in [-0.1, -0.05) is 18.2 Å². The van der Waals surface area contributed by atoms with E-state index in [2.05, 4.69) is 15.0 Å². The summed E-state index contributed by atoms with van der Waals surface area (Å²) in [7, 11) is 3.25. The summed E-state index contributed by atoms with van der Waals surface area (Å²) in [5.74, 6) is 1.62. The Morgan fingerprint density at radius 1 is 1.03 bits per heavy atom. The van der Waals surface area contributed by atoms with Gasteiger partial charge in [-0.2, -0.15) is 0 Å². The molecule has 1 aliphatic rings. The van der Waals surface area contributed by atoms with Crippen molar-refractivity contribution in [1.82, 2.24) is 15.0 Å². The van der Waals surface area contributed by atoms with Crippen LogP contribution in [0.25, 0.3) is 10.9 Å². The van der Waals surface area contributed by atoms with E-state index in [0.717, 1.165) is 54.6 Å². The number of carbonyl (C=O) groups excluding carboxylic acids is 1. The number of amides is 1. The normalized spacial score (nSPS) is 15.2. The largest absolute Gasteiger partial charge is 0.493 e. The molecule has 1 fully saturated rings. The summed E-state index contributed by atoms with van der Waals surface area (Å²) < 4.78 is 10.9. The molecule has 4 rings (SSSR count). The van der Waals surface area contributed by atoms with Gasteiger partial charge in [0.05, 0.1) is 31.1 Å². The second-order valence-electron chi connectivity index (χ2n) is 7.00. The van der Waals surface area contributed by atoms with Gasteiger partial charge in [0, 0.05) is 30.5 Å². The van der Waals surface area contributed by atoms with E-state index in [0.29, 0.717) is 17.4 Å². The fraction of sp³-hybridized carbons (Fsp3) is 0.318. The number of fused-ring (bicyclic) bond motifs is 1. The average Bonchev–Trinajstić information content (AvgIpc) is 2.79. The zero-order valence-electron chi connectivity index (χ0n) is 16.6. The number of methoxy groups -OCH3 is 2. The van der Waals surface area contributed by atoms with E-state index in [1.165, 1.54) is 0 Å². The highest BCUT2D eigenvalue weighted by Gasteiger charge is 2.27. The number of ether oxygens (including phenoxy) is 2. The molecule has 0 radical (unpaired) electrons. The standard InChI is InChI=1S/C22H24N4O3/c1-28-20-12-18-19(13-21(20)29-2)23-14-24-22(18)16-8-10-25(11-9-16)26(15-27)17-6-4-3-5-7-17/h3-7,12-16H,8-11H2,1-2H3. The van der Waals surface area contributed by atoms with E-state index in [4.69, 9.17) is 9.47 Å². The van der Waals surface area contributed by atoms with E-state index in [1.807, 2.05) is 42.5 Å². The Morgan fingerprint density at radius 3 is 2.38 bits per heavy atom. The highest BCUT2D eigenvalue weighted by atomic mass is 16.5. The number of aromatic nitrogens is 2. The summed E-state index contributed by atoms with van der Waals surface area (Å²) in [5, 5.41) is 4.77. The number of hydrazine groups is 1. The van der Waals surface area contributed by atoms with Crippen molar-refractivity contribution in [3.63, 3.8) is 0 Å². The van der Waals surface area contributed by atoms with E-state index < -0.39 is 0 Å². The summed E-state index contributed by atoms with van der Waals surface area (Å²) in [4.78, 5) is 20.7. The summed E-state index contributed by atoms with van der Waals surface area (Å²) in [6, 6.07) is 13.6. The number of para-hydroxylation sites is 1. The van der Waals surface area contributed by atoms with Crippen molar-refractivity contribution in [1.29, 1.82) is 0 Å². The van der Waals surface area contributed by atoms with Crippen molar-refractivity contribution >= 4 is 23.0 Å². The van der Waals surface area contributed by atoms with Crippen LogP contribution in [0.1, 0.15) is 24.5 Å². The second kappa shape index (κ2) is 8.45. The molecule has 1 aliphatic heterocycles. The molecule has 2 heterocycles. The number of piperidine rings is 1. The maximum atomic E-state index is 11.7. The zero-order valence-corrected chi connectivity index (χ0v) is 16.6. The third-order valence-electron chi connectivity index (χ3n) is 5.45. The predicted octanol–water partition coefficient (Wildman–Crippen LogP) is 3.40. The number of benzene rings is 2. The highest BCUT2D eigenvalue weighted by Crippen LogP contribution is 2.37. The summed E-state index contributed by atoms with van der Waals surface area (Å²) in [6.07, 6.45) is 4.29. The van der Waals surface area contributed by atoms with Crippen molar-refractivity contribution in [2.75, 3.05) is 32.3 Å². The minimum Gasteiger partial charge on any atom is -0.493 e. The third kappa shape index (κ3) is 3.73. The van der Waals surface area contributed by atoms with Gasteiger partial charge in [0.15, 0.2) is 11.5 Å². The van der Waals surface area contributed by atoms with Crippen LogP contribution in [0.3, 0.4) is 0 Å². The topological polar surface area (TPSA) is 67.8 Å². The van der Waals surface area contributed by atoms with Crippen molar-refractivity contribution in [3.8, 4) is 11.5 Å². The van der Waals surface area contributed by atoms with Gasteiger partial charge in [0.25, 0.3) is 0 Å². The van der Waals surface area contributed by atoms with Crippen molar-refractivity contribution < 1.29 is 14.3 Å². The number of hydrogen-bond acceptors (Lipinski definition) is 6. The van der Waals surface area contributed by atoms with E-state index >= 15 is 0 Å². The third-order valence-corrected chi connectivity index (χ3v) is 5.45. The van der Waals surface area contributed by atoms with Gasteiger partial charge in [-0.15, -0.1) is 0 Å². The molecule has 0 unspecified atom stereocenters. The molecule has 0 atom stereocenters. The lowest BCUT2D eigenvalue weighted by Gasteiger charge is -2.37. The van der Waals surface area contributed by atoms with Crippen LogP contribution in [0.4, 0.5) is 5.69 Å². The van der Waals surface area contributed by atoms with Crippen LogP contribution in [0, 0.1) is 0 Å². The molecule has 7 nitrogen and oxygen atoms in total. The first kappa shape index (κ1) is 19.1. The quantitative estimate of drug-likeness (QED) is 0.599. The van der Waals surface area contributed by atoms with Crippen LogP contribution in [0.15, 0.2) is 48.8 Å². The van der Waals surface area contributed by atoms with E-state index in [1.54, 1.807) is 25.6 Å². The van der Waals surface area contributed by atoms with Crippen molar-refractivity contribution in [2.24, 2.45) is 0 Å². The van der Waals surface area contributed by atoms with E-state index in [-0.39, 0.29) is 0 Å². The maximum absolute atomic E-state index is 11.7. The summed E-state index contributed by atoms with van der Waals surface area (Å²) >= 11 is 0. The number of carbonyl (C=O) groups is 1. The molecule has 3 aromatic rings. The van der Waals surface area contributed by atoms with Gasteiger partial charge in [0.1, 0.15) is 6.33 Å². The lowest BCUT2D eigenvalue weighted by atomic mass is 9.91.